The molecular weight excluding hydrogens is 472 g/mol. The van der Waals surface area contributed by atoms with E-state index in [0.29, 0.717) is 45.0 Å². The molecule has 2 amide bonds. The van der Waals surface area contributed by atoms with Crippen LogP contribution in [0.4, 0.5) is 0 Å². The molecule has 2 aliphatic rings. The Labute approximate surface area is 206 Å². The molecule has 0 bridgehead atoms. The Hall–Kier alpha value is -2.49. The fraction of sp³-hybridized carbons (Fsp3) is 0.583. The molecule has 3 rings (SSSR count). The lowest BCUT2D eigenvalue weighted by molar-refractivity contribution is -0.148. The van der Waals surface area contributed by atoms with Crippen LogP contribution in [0.2, 0.25) is 0 Å². The molecule has 192 valence electrons. The predicted octanol–water partition coefficient (Wildman–Crippen LogP) is -0.559. The zero-order chi connectivity index (χ0) is 25.5. The average molecular weight is 507 g/mol. The van der Waals surface area contributed by atoms with Gasteiger partial charge in [0.25, 0.3) is 5.91 Å². The number of rotatable bonds is 8. The fourth-order valence-electron chi connectivity index (χ4n) is 4.27. The summed E-state index contributed by atoms with van der Waals surface area (Å²) >= 11 is 0. The lowest BCUT2D eigenvalue weighted by Gasteiger charge is -2.37. The fourth-order valence-corrected chi connectivity index (χ4v) is 6.13. The number of nitrogens with one attached hydrogen (secondary N) is 2. The Balaban J connectivity index is 1.71. The van der Waals surface area contributed by atoms with E-state index >= 15 is 0 Å². The van der Waals surface area contributed by atoms with E-state index in [1.54, 1.807) is 24.0 Å². The number of hydrogen-bond donors (Lipinski definition) is 3. The SMILES string of the molecule is CC#CCOc1ccc(S(=O)(=O)CC2(C(=O)NC(=O)C(O)N3CCN(C)CC3)CCNCC2)cc1. The topological polar surface area (TPSA) is 128 Å². The Kier molecular flexibility index (Phi) is 9.27. The van der Waals surface area contributed by atoms with E-state index in [2.05, 4.69) is 27.4 Å². The van der Waals surface area contributed by atoms with Crippen LogP contribution in [-0.2, 0) is 19.4 Å². The lowest BCUT2D eigenvalue weighted by Crippen LogP contribution is -2.58. The van der Waals surface area contributed by atoms with Crippen LogP contribution in [0.15, 0.2) is 29.2 Å². The smallest absolute Gasteiger partial charge is 0.270 e. The molecule has 1 unspecified atom stereocenters. The third-order valence-electron chi connectivity index (χ3n) is 6.53. The third-order valence-corrected chi connectivity index (χ3v) is 8.46. The maximum absolute atomic E-state index is 13.3. The molecule has 0 radical (unpaired) electrons. The van der Waals surface area contributed by atoms with E-state index in [4.69, 9.17) is 4.74 Å². The van der Waals surface area contributed by atoms with E-state index in [0.717, 1.165) is 0 Å². The molecule has 3 N–H and O–H groups in total. The lowest BCUT2D eigenvalue weighted by atomic mass is 9.80. The van der Waals surface area contributed by atoms with Crippen molar-refractivity contribution in [3.63, 3.8) is 0 Å². The van der Waals surface area contributed by atoms with E-state index in [9.17, 15) is 23.1 Å². The Morgan fingerprint density at radius 3 is 2.40 bits per heavy atom. The van der Waals surface area contributed by atoms with Crippen LogP contribution in [0.1, 0.15) is 19.8 Å². The van der Waals surface area contributed by atoms with Crippen molar-refractivity contribution in [2.24, 2.45) is 5.41 Å². The molecule has 11 heteroatoms. The molecule has 2 aliphatic heterocycles. The first-order valence-electron chi connectivity index (χ1n) is 11.7. The van der Waals surface area contributed by atoms with E-state index in [1.807, 2.05) is 7.05 Å². The maximum Gasteiger partial charge on any atom is 0.270 e. The van der Waals surface area contributed by atoms with Crippen LogP contribution < -0.4 is 15.4 Å². The van der Waals surface area contributed by atoms with Crippen LogP contribution in [0.5, 0.6) is 5.75 Å². The number of aliphatic hydroxyl groups is 1. The molecule has 0 spiro atoms. The van der Waals surface area contributed by atoms with Gasteiger partial charge in [0.2, 0.25) is 5.91 Å². The summed E-state index contributed by atoms with van der Waals surface area (Å²) in [5.74, 6) is 4.04. The number of aliphatic hydroxyl groups excluding tert-OH is 1. The van der Waals surface area contributed by atoms with Gasteiger partial charge in [-0.15, -0.1) is 5.92 Å². The van der Waals surface area contributed by atoms with Crippen LogP contribution >= 0.6 is 0 Å². The molecule has 2 saturated heterocycles. The van der Waals surface area contributed by atoms with Gasteiger partial charge in [-0.05, 0) is 64.2 Å². The second kappa shape index (κ2) is 12.0. The summed E-state index contributed by atoms with van der Waals surface area (Å²) in [6.45, 7) is 5.18. The number of imide groups is 1. The minimum absolute atomic E-state index is 0.0703. The van der Waals surface area contributed by atoms with Gasteiger partial charge in [0.15, 0.2) is 16.1 Å². The number of carbonyl (C=O) groups is 2. The van der Waals surface area contributed by atoms with Gasteiger partial charge >= 0.3 is 0 Å². The quantitative estimate of drug-likeness (QED) is 0.398. The highest BCUT2D eigenvalue weighted by Gasteiger charge is 2.45. The van der Waals surface area contributed by atoms with E-state index in [-0.39, 0.29) is 24.3 Å². The molecule has 1 aromatic carbocycles. The first kappa shape index (κ1) is 27.1. The van der Waals surface area contributed by atoms with Crippen molar-refractivity contribution in [3.8, 4) is 17.6 Å². The van der Waals surface area contributed by atoms with Crippen molar-refractivity contribution < 1.29 is 27.9 Å². The standard InChI is InChI=1S/C24H34N4O6S/c1-3-4-17-34-19-5-7-20(8-6-19)35(32,33)18-24(9-11-25-12-10-24)23(31)26-21(29)22(30)28-15-13-27(2)14-16-28/h5-8,22,25,30H,9-18H2,1-2H3,(H,26,29,31). The van der Waals surface area contributed by atoms with Crippen LogP contribution in [-0.4, -0.2) is 100 Å². The number of carbonyl (C=O) groups excluding carboxylic acids is 2. The molecule has 0 saturated carbocycles. The summed E-state index contributed by atoms with van der Waals surface area (Å²) in [6.07, 6.45) is -0.951. The number of likely N-dealkylation sites (N-methyl/N-ethyl adjacent to an activating group) is 1. The summed E-state index contributed by atoms with van der Waals surface area (Å²) < 4.78 is 32.0. The molecule has 35 heavy (non-hydrogen) atoms. The molecule has 2 heterocycles. The van der Waals surface area contributed by atoms with Gasteiger partial charge < -0.3 is 20.1 Å². The summed E-state index contributed by atoms with van der Waals surface area (Å²) in [6, 6.07) is 5.99. The highest BCUT2D eigenvalue weighted by molar-refractivity contribution is 7.91. The zero-order valence-corrected chi connectivity index (χ0v) is 21.1. The first-order chi connectivity index (χ1) is 16.7. The number of benzene rings is 1. The average Bonchev–Trinajstić information content (AvgIpc) is 2.85. The van der Waals surface area contributed by atoms with Crippen molar-refractivity contribution in [1.29, 1.82) is 0 Å². The van der Waals surface area contributed by atoms with Gasteiger partial charge in [0, 0.05) is 26.2 Å². The van der Waals surface area contributed by atoms with Gasteiger partial charge in [-0.3, -0.25) is 19.8 Å². The van der Waals surface area contributed by atoms with Gasteiger partial charge in [-0.25, -0.2) is 8.42 Å². The van der Waals surface area contributed by atoms with Gasteiger partial charge in [0.05, 0.1) is 16.1 Å². The van der Waals surface area contributed by atoms with Crippen LogP contribution in [0.25, 0.3) is 0 Å². The van der Waals surface area contributed by atoms with Crippen molar-refractivity contribution in [2.75, 3.05) is 58.7 Å². The number of amides is 2. The number of piperidine rings is 1. The Bertz CT molecular complexity index is 1050. The normalized spacial score (nSPS) is 19.7. The second-order valence-electron chi connectivity index (χ2n) is 9.01. The number of piperazine rings is 1. The molecule has 0 aromatic heterocycles. The van der Waals surface area contributed by atoms with E-state index in [1.165, 1.54) is 12.1 Å². The third kappa shape index (κ3) is 7.02. The van der Waals surface area contributed by atoms with Crippen molar-refractivity contribution in [2.45, 2.75) is 30.9 Å². The minimum atomic E-state index is -3.85. The largest absolute Gasteiger partial charge is 0.481 e. The number of sulfone groups is 1. The number of nitrogens with zero attached hydrogens (tertiary/aromatic N) is 2. The molecule has 1 atom stereocenters. The second-order valence-corrected chi connectivity index (χ2v) is 11.0. The molecular formula is C24H34N4O6S. The van der Waals surface area contributed by atoms with E-state index < -0.39 is 39.0 Å². The molecule has 1 aromatic rings. The summed E-state index contributed by atoms with van der Waals surface area (Å²) in [5.41, 5.74) is -1.28. The van der Waals surface area contributed by atoms with Gasteiger partial charge in [-0.2, -0.15) is 0 Å². The minimum Gasteiger partial charge on any atom is -0.481 e. The zero-order valence-electron chi connectivity index (χ0n) is 20.2. The van der Waals surface area contributed by atoms with Crippen LogP contribution in [0, 0.1) is 17.3 Å². The van der Waals surface area contributed by atoms with Crippen molar-refractivity contribution >= 4 is 21.7 Å². The summed E-state index contributed by atoms with van der Waals surface area (Å²) in [5, 5.41) is 15.9. The molecule has 2 fully saturated rings. The number of ether oxygens (including phenoxy) is 1. The van der Waals surface area contributed by atoms with Crippen molar-refractivity contribution in [3.05, 3.63) is 24.3 Å². The highest BCUT2D eigenvalue weighted by Crippen LogP contribution is 2.33. The Morgan fingerprint density at radius 2 is 1.80 bits per heavy atom. The van der Waals surface area contributed by atoms with Gasteiger partial charge in [-0.1, -0.05) is 5.92 Å². The number of hydrogen-bond acceptors (Lipinski definition) is 9. The molecule has 0 aliphatic carbocycles. The first-order valence-corrected chi connectivity index (χ1v) is 13.3. The summed E-state index contributed by atoms with van der Waals surface area (Å²) in [7, 11) is -1.90. The predicted molar refractivity (Wildman–Crippen MR) is 130 cm³/mol. The maximum atomic E-state index is 13.3. The highest BCUT2D eigenvalue weighted by atomic mass is 32.2. The molecule has 10 nitrogen and oxygen atoms in total. The van der Waals surface area contributed by atoms with Crippen molar-refractivity contribution in [1.82, 2.24) is 20.4 Å². The summed E-state index contributed by atoms with van der Waals surface area (Å²) in [4.78, 5) is 29.7. The van der Waals surface area contributed by atoms with Crippen LogP contribution in [0.3, 0.4) is 0 Å². The van der Waals surface area contributed by atoms with Gasteiger partial charge in [0.1, 0.15) is 12.4 Å². The monoisotopic (exact) mass is 506 g/mol. The Morgan fingerprint density at radius 1 is 1.17 bits per heavy atom.